The molecule has 3 nitrogen and oxygen atoms in total. The van der Waals surface area contributed by atoms with E-state index in [2.05, 4.69) is 9.39 Å². The smallest absolute Gasteiger partial charge is 0.266 e. The lowest BCUT2D eigenvalue weighted by atomic mass is 11.3. The zero-order valence-corrected chi connectivity index (χ0v) is 5.49. The Labute approximate surface area is 56.4 Å². The number of hydrogen-bond acceptors (Lipinski definition) is 3. The van der Waals surface area contributed by atoms with E-state index in [4.69, 9.17) is 5.14 Å². The largest absolute Gasteiger partial charge is 0.460 e. The van der Waals surface area contributed by atoms with Crippen molar-refractivity contribution in [2.75, 3.05) is 0 Å². The number of hydrogen-bond donors (Lipinski definition) is 1. The van der Waals surface area contributed by atoms with Gasteiger partial charge in [-0.1, -0.05) is 0 Å². The maximum absolute atomic E-state index is 11.9. The minimum absolute atomic E-state index is 0.646. The number of aliphatic imine (C=N–C) groups is 1. The van der Waals surface area contributed by atoms with E-state index >= 15 is 0 Å². The van der Waals surface area contributed by atoms with Crippen molar-refractivity contribution in [2.24, 2.45) is 14.5 Å². The Hall–Kier alpha value is -0.560. The van der Waals surface area contributed by atoms with Crippen molar-refractivity contribution in [3.05, 3.63) is 0 Å². The third kappa shape index (κ3) is 1.01. The molecule has 0 aliphatic carbocycles. The summed E-state index contributed by atoms with van der Waals surface area (Å²) < 4.78 is 38.6. The van der Waals surface area contributed by atoms with Gasteiger partial charge in [0.25, 0.3) is 0 Å². The monoisotopic (exact) mass is 171 g/mol. The zero-order valence-electron chi connectivity index (χ0n) is 4.67. The minimum Gasteiger partial charge on any atom is -0.266 e. The summed E-state index contributed by atoms with van der Waals surface area (Å²) in [6.45, 7) is 0. The second kappa shape index (κ2) is 1.96. The highest BCUT2D eigenvalue weighted by molar-refractivity contribution is 8.42. The van der Waals surface area contributed by atoms with Gasteiger partial charge >= 0.3 is 5.51 Å². The van der Waals surface area contributed by atoms with E-state index in [1.54, 1.807) is 0 Å². The summed E-state index contributed by atoms with van der Waals surface area (Å²) in [5.41, 5.74) is -3.82. The summed E-state index contributed by atoms with van der Waals surface area (Å²) >= 11 is 0. The molecule has 0 saturated heterocycles. The molecule has 58 valence electrons. The molecule has 1 atom stereocenters. The highest BCUT2D eigenvalue weighted by atomic mass is 32.3. The Morgan fingerprint density at radius 2 is 2.00 bits per heavy atom. The van der Waals surface area contributed by atoms with Gasteiger partial charge in [-0.15, -0.1) is 0 Å². The molecule has 0 aromatic heterocycles. The maximum Gasteiger partial charge on any atom is 0.460 e. The number of rotatable bonds is 0. The molecule has 10 heavy (non-hydrogen) atoms. The molecule has 0 radical (unpaired) electrons. The molecule has 1 unspecified atom stereocenters. The topological polar surface area (TPSA) is 50.7 Å². The van der Waals surface area contributed by atoms with Crippen LogP contribution in [-0.4, -0.2) is 17.4 Å². The van der Waals surface area contributed by atoms with Crippen molar-refractivity contribution in [1.29, 1.82) is 0 Å². The van der Waals surface area contributed by atoms with Crippen LogP contribution in [0.25, 0.3) is 0 Å². The summed E-state index contributed by atoms with van der Waals surface area (Å²) in [5.74, 6) is 0. The number of halogens is 3. The lowest BCUT2D eigenvalue weighted by Crippen LogP contribution is -2.25. The van der Waals surface area contributed by atoms with Gasteiger partial charge in [-0.05, 0) is 0 Å². The third-order valence-electron chi connectivity index (χ3n) is 0.881. The first-order valence-electron chi connectivity index (χ1n) is 2.20. The zero-order chi connectivity index (χ0) is 7.83. The molecule has 2 N–H and O–H groups in total. The molecule has 1 aliphatic heterocycles. The van der Waals surface area contributed by atoms with E-state index in [1.165, 1.54) is 0 Å². The number of nitrogens with zero attached hydrogens (tertiary/aromatic N) is 2. The van der Waals surface area contributed by atoms with E-state index in [1.807, 2.05) is 0 Å². The predicted octanol–water partition coefficient (Wildman–Crippen LogP) is 1.17. The lowest BCUT2D eigenvalue weighted by Gasteiger charge is -2.24. The fraction of sp³-hybridized carbons (Fsp3) is 0.333. The Bertz CT molecular complexity index is 184. The number of nitrogens with two attached hydrogens (primary N) is 1. The fourth-order valence-corrected chi connectivity index (χ4v) is 1.12. The van der Waals surface area contributed by atoms with Crippen molar-refractivity contribution >= 4 is 22.3 Å². The van der Waals surface area contributed by atoms with Gasteiger partial charge in [-0.25, -0.2) is 4.99 Å². The summed E-state index contributed by atoms with van der Waals surface area (Å²) in [7, 11) is -3.44. The van der Waals surface area contributed by atoms with Crippen LogP contribution >= 0.6 is 10.4 Å². The average Bonchev–Trinajstić information content (AvgIpc) is 2.13. The van der Waals surface area contributed by atoms with Crippen molar-refractivity contribution in [2.45, 2.75) is 5.51 Å². The summed E-state index contributed by atoms with van der Waals surface area (Å²) in [4.78, 5) is 3.18. The van der Waals surface area contributed by atoms with Gasteiger partial charge in [0.2, 0.25) is 0 Å². The van der Waals surface area contributed by atoms with Crippen LogP contribution < -0.4 is 5.14 Å². The van der Waals surface area contributed by atoms with Crippen LogP contribution in [0.15, 0.2) is 9.39 Å². The van der Waals surface area contributed by atoms with Crippen LogP contribution in [-0.2, 0) is 0 Å². The van der Waals surface area contributed by atoms with E-state index < -0.39 is 15.9 Å². The predicted molar refractivity (Wildman–Crippen MR) is 34.8 cm³/mol. The highest BCUT2D eigenvalue weighted by Crippen LogP contribution is 2.56. The molecule has 0 saturated carbocycles. The summed E-state index contributed by atoms with van der Waals surface area (Å²) in [6, 6.07) is 0. The van der Waals surface area contributed by atoms with Crippen LogP contribution in [0.4, 0.5) is 13.2 Å². The van der Waals surface area contributed by atoms with Crippen molar-refractivity contribution in [3.8, 4) is 0 Å². The van der Waals surface area contributed by atoms with E-state index in [9.17, 15) is 13.2 Å². The molecule has 0 spiro atoms. The van der Waals surface area contributed by atoms with Crippen LogP contribution in [0.3, 0.4) is 0 Å². The highest BCUT2D eigenvalue weighted by Gasteiger charge is 2.47. The SMILES string of the molecule is NS1(C(F)(F)F)C=NC=N1. The maximum atomic E-state index is 11.9. The van der Waals surface area contributed by atoms with Crippen molar-refractivity contribution in [1.82, 2.24) is 0 Å². The molecular weight excluding hydrogens is 167 g/mol. The van der Waals surface area contributed by atoms with Crippen LogP contribution in [0, 0.1) is 0 Å². The first-order chi connectivity index (χ1) is 4.46. The minimum atomic E-state index is -4.47. The standard InChI is InChI=1S/C3H4F3N3S/c4-3(5,6)10(7)2-8-1-9-10/h1-2H,7H2. The summed E-state index contributed by atoms with van der Waals surface area (Å²) in [6.07, 6.45) is 0.822. The van der Waals surface area contributed by atoms with Crippen LogP contribution in [0.2, 0.25) is 0 Å². The Morgan fingerprint density at radius 1 is 1.40 bits per heavy atom. The molecular formula is C3H4F3N3S. The third-order valence-corrected chi connectivity index (χ3v) is 2.51. The first-order valence-corrected chi connectivity index (χ1v) is 3.92. The summed E-state index contributed by atoms with van der Waals surface area (Å²) in [5, 5.41) is 4.85. The van der Waals surface area contributed by atoms with Crippen LogP contribution in [0.1, 0.15) is 0 Å². The fourth-order valence-electron chi connectivity index (χ4n) is 0.372. The van der Waals surface area contributed by atoms with Crippen molar-refractivity contribution in [3.63, 3.8) is 0 Å². The Balaban J connectivity index is 2.90. The second-order valence-electron chi connectivity index (χ2n) is 1.59. The Morgan fingerprint density at radius 3 is 2.20 bits per heavy atom. The average molecular weight is 171 g/mol. The molecule has 1 rings (SSSR count). The molecule has 1 aliphatic rings. The van der Waals surface area contributed by atoms with Gasteiger partial charge in [-0.3, -0.25) is 5.14 Å². The van der Waals surface area contributed by atoms with Gasteiger partial charge in [-0.2, -0.15) is 17.6 Å². The molecule has 7 heteroatoms. The Kier molecular flexibility index (Phi) is 1.48. The van der Waals surface area contributed by atoms with Gasteiger partial charge < -0.3 is 0 Å². The molecule has 0 aromatic rings. The quantitative estimate of drug-likeness (QED) is 0.584. The van der Waals surface area contributed by atoms with E-state index in [0.717, 1.165) is 6.34 Å². The van der Waals surface area contributed by atoms with Crippen molar-refractivity contribution < 1.29 is 13.2 Å². The molecule has 0 bridgehead atoms. The molecule has 0 fully saturated rings. The molecule has 0 aromatic carbocycles. The van der Waals surface area contributed by atoms with E-state index in [0.29, 0.717) is 5.55 Å². The lowest BCUT2D eigenvalue weighted by molar-refractivity contribution is -0.0368. The van der Waals surface area contributed by atoms with Gasteiger partial charge in [0.05, 0.1) is 5.55 Å². The van der Waals surface area contributed by atoms with E-state index in [-0.39, 0.29) is 0 Å². The molecule has 0 amide bonds. The normalized spacial score (nSPS) is 38.0. The van der Waals surface area contributed by atoms with Gasteiger partial charge in [0.15, 0.2) is 0 Å². The van der Waals surface area contributed by atoms with Crippen LogP contribution in [0.5, 0.6) is 0 Å². The molecule has 1 heterocycles. The first kappa shape index (κ1) is 7.55. The second-order valence-corrected chi connectivity index (χ2v) is 3.83. The number of alkyl halides is 3. The van der Waals surface area contributed by atoms with Gasteiger partial charge in [0.1, 0.15) is 6.34 Å². The van der Waals surface area contributed by atoms with Gasteiger partial charge in [0, 0.05) is 10.4 Å².